The molecule has 2 heterocycles. The number of rotatable bonds is 3. The number of hydrogen-bond donors (Lipinski definition) is 1. The van der Waals surface area contributed by atoms with Gasteiger partial charge < -0.3 is 15.0 Å². The van der Waals surface area contributed by atoms with Crippen molar-refractivity contribution in [1.82, 2.24) is 10.2 Å². The second kappa shape index (κ2) is 7.53. The first-order valence-electron chi connectivity index (χ1n) is 9.98. The highest BCUT2D eigenvalue weighted by atomic mass is 16.5. The number of piperidine rings is 1. The Kier molecular flexibility index (Phi) is 5.50. The van der Waals surface area contributed by atoms with E-state index in [9.17, 15) is 9.59 Å². The molecule has 1 spiro atoms. The zero-order valence-electron chi connectivity index (χ0n) is 17.0. The summed E-state index contributed by atoms with van der Waals surface area (Å²) < 4.78 is 6.47. The molecule has 1 aromatic carbocycles. The van der Waals surface area contributed by atoms with Crippen LogP contribution >= 0.6 is 0 Å². The molecule has 2 aliphatic rings. The first-order valence-corrected chi connectivity index (χ1v) is 9.98. The summed E-state index contributed by atoms with van der Waals surface area (Å²) in [6, 6.07) is 8.06. The Morgan fingerprint density at radius 3 is 2.52 bits per heavy atom. The molecule has 2 aliphatic heterocycles. The van der Waals surface area contributed by atoms with E-state index in [0.717, 1.165) is 43.7 Å². The Balaban J connectivity index is 1.72. The van der Waals surface area contributed by atoms with Gasteiger partial charge in [0.2, 0.25) is 11.8 Å². The van der Waals surface area contributed by atoms with Crippen LogP contribution in [0.15, 0.2) is 24.3 Å². The van der Waals surface area contributed by atoms with Crippen molar-refractivity contribution in [2.75, 3.05) is 20.1 Å². The Morgan fingerprint density at radius 2 is 1.89 bits per heavy atom. The number of amides is 2. The van der Waals surface area contributed by atoms with E-state index >= 15 is 0 Å². The molecular formula is C22H32N2O3. The molecule has 2 amide bonds. The molecule has 27 heavy (non-hydrogen) atoms. The molecule has 1 aromatic rings. The standard InChI is InChI=1S/C22H32N2O3/c1-21(2,3)15-20(26)24-11-9-22(10-12-24)14-16(13-19(25)23-4)17-7-5-6-8-18(17)27-22/h5-8,16H,9-15H2,1-4H3,(H,23,25)/t16-/m1/s1. The summed E-state index contributed by atoms with van der Waals surface area (Å²) in [7, 11) is 1.68. The van der Waals surface area contributed by atoms with E-state index < -0.39 is 0 Å². The highest BCUT2D eigenvalue weighted by Crippen LogP contribution is 2.46. The normalized spacial score (nSPS) is 21.3. The van der Waals surface area contributed by atoms with Crippen molar-refractivity contribution in [1.29, 1.82) is 0 Å². The Labute approximate surface area is 162 Å². The number of nitrogens with zero attached hydrogens (tertiary/aromatic N) is 1. The molecule has 148 valence electrons. The van der Waals surface area contributed by atoms with Gasteiger partial charge in [0, 0.05) is 51.7 Å². The minimum absolute atomic E-state index is 0.00507. The summed E-state index contributed by atoms with van der Waals surface area (Å²) >= 11 is 0. The van der Waals surface area contributed by atoms with E-state index in [4.69, 9.17) is 4.74 Å². The second-order valence-electron chi connectivity index (χ2n) is 9.22. The maximum Gasteiger partial charge on any atom is 0.223 e. The molecule has 5 heteroatoms. The van der Waals surface area contributed by atoms with Gasteiger partial charge in [-0.3, -0.25) is 9.59 Å². The van der Waals surface area contributed by atoms with Gasteiger partial charge in [-0.25, -0.2) is 0 Å². The quantitative estimate of drug-likeness (QED) is 0.884. The van der Waals surface area contributed by atoms with Crippen LogP contribution in [-0.2, 0) is 9.59 Å². The third kappa shape index (κ3) is 4.63. The summed E-state index contributed by atoms with van der Waals surface area (Å²) in [5.74, 6) is 1.35. The van der Waals surface area contributed by atoms with Crippen molar-refractivity contribution in [3.8, 4) is 5.75 Å². The van der Waals surface area contributed by atoms with Gasteiger partial charge in [0.15, 0.2) is 0 Å². The van der Waals surface area contributed by atoms with Gasteiger partial charge in [-0.2, -0.15) is 0 Å². The van der Waals surface area contributed by atoms with Crippen LogP contribution in [0.5, 0.6) is 5.75 Å². The number of nitrogens with one attached hydrogen (secondary N) is 1. The van der Waals surface area contributed by atoms with Crippen molar-refractivity contribution < 1.29 is 14.3 Å². The smallest absolute Gasteiger partial charge is 0.223 e. The van der Waals surface area contributed by atoms with E-state index in [0.29, 0.717) is 12.8 Å². The summed E-state index contributed by atoms with van der Waals surface area (Å²) in [5, 5.41) is 2.75. The molecule has 0 radical (unpaired) electrons. The van der Waals surface area contributed by atoms with E-state index in [-0.39, 0.29) is 28.7 Å². The Bertz CT molecular complexity index is 700. The van der Waals surface area contributed by atoms with Crippen molar-refractivity contribution in [3.63, 3.8) is 0 Å². The van der Waals surface area contributed by atoms with Gasteiger partial charge in [-0.1, -0.05) is 39.0 Å². The molecule has 5 nitrogen and oxygen atoms in total. The third-order valence-electron chi connectivity index (χ3n) is 5.72. The molecule has 1 N–H and O–H groups in total. The van der Waals surface area contributed by atoms with Gasteiger partial charge in [0.05, 0.1) is 0 Å². The van der Waals surface area contributed by atoms with Gasteiger partial charge in [0.25, 0.3) is 0 Å². The van der Waals surface area contributed by atoms with Crippen molar-refractivity contribution >= 4 is 11.8 Å². The van der Waals surface area contributed by atoms with Crippen molar-refractivity contribution in [2.45, 2.75) is 64.4 Å². The van der Waals surface area contributed by atoms with Crippen LogP contribution in [0.3, 0.4) is 0 Å². The van der Waals surface area contributed by atoms with Crippen LogP contribution in [0.25, 0.3) is 0 Å². The van der Waals surface area contributed by atoms with E-state index in [2.05, 4.69) is 32.2 Å². The molecule has 1 fully saturated rings. The Hall–Kier alpha value is -2.04. The molecule has 1 saturated heterocycles. The third-order valence-corrected chi connectivity index (χ3v) is 5.72. The van der Waals surface area contributed by atoms with Crippen LogP contribution in [0.1, 0.15) is 64.4 Å². The lowest BCUT2D eigenvalue weighted by Crippen LogP contribution is -2.52. The number of ether oxygens (including phenoxy) is 1. The summed E-state index contributed by atoms with van der Waals surface area (Å²) in [5.41, 5.74) is 0.856. The van der Waals surface area contributed by atoms with Gasteiger partial charge in [0.1, 0.15) is 11.4 Å². The molecule has 1 atom stereocenters. The molecule has 0 unspecified atom stereocenters. The highest BCUT2D eigenvalue weighted by Gasteiger charge is 2.44. The fourth-order valence-corrected chi connectivity index (χ4v) is 4.29. The fraction of sp³-hybridized carbons (Fsp3) is 0.636. The van der Waals surface area contributed by atoms with Crippen molar-refractivity contribution in [3.05, 3.63) is 29.8 Å². The van der Waals surface area contributed by atoms with Crippen LogP contribution in [-0.4, -0.2) is 42.5 Å². The lowest BCUT2D eigenvalue weighted by Gasteiger charge is -2.47. The second-order valence-corrected chi connectivity index (χ2v) is 9.22. The minimum atomic E-state index is -0.272. The first-order chi connectivity index (χ1) is 12.7. The first kappa shape index (κ1) is 19.7. The maximum absolute atomic E-state index is 12.6. The van der Waals surface area contributed by atoms with Gasteiger partial charge in [-0.05, 0) is 23.5 Å². The number of benzene rings is 1. The van der Waals surface area contributed by atoms with Crippen molar-refractivity contribution in [2.24, 2.45) is 5.41 Å². The number of carbonyl (C=O) groups excluding carboxylic acids is 2. The van der Waals surface area contributed by atoms with E-state index in [1.165, 1.54) is 0 Å². The van der Waals surface area contributed by atoms with Gasteiger partial charge in [-0.15, -0.1) is 0 Å². The Morgan fingerprint density at radius 1 is 1.22 bits per heavy atom. The van der Waals surface area contributed by atoms with Gasteiger partial charge >= 0.3 is 0 Å². The molecule has 3 rings (SSSR count). The maximum atomic E-state index is 12.6. The number of para-hydroxylation sites is 1. The molecule has 0 aliphatic carbocycles. The lowest BCUT2D eigenvalue weighted by molar-refractivity contribution is -0.137. The molecule has 0 aromatic heterocycles. The monoisotopic (exact) mass is 372 g/mol. The number of hydrogen-bond acceptors (Lipinski definition) is 3. The zero-order valence-corrected chi connectivity index (χ0v) is 17.0. The van der Waals surface area contributed by atoms with Crippen LogP contribution in [0.4, 0.5) is 0 Å². The SMILES string of the molecule is CNC(=O)C[C@@H]1CC2(CCN(C(=O)CC(C)(C)C)CC2)Oc2ccccc21. The largest absolute Gasteiger partial charge is 0.487 e. The number of likely N-dealkylation sites (tertiary alicyclic amines) is 1. The van der Waals surface area contributed by atoms with Crippen LogP contribution in [0, 0.1) is 5.41 Å². The topological polar surface area (TPSA) is 58.6 Å². The summed E-state index contributed by atoms with van der Waals surface area (Å²) in [6.45, 7) is 7.75. The minimum Gasteiger partial charge on any atom is -0.487 e. The lowest BCUT2D eigenvalue weighted by atomic mass is 9.76. The van der Waals surface area contributed by atoms with E-state index in [1.807, 2.05) is 23.1 Å². The molecular weight excluding hydrogens is 340 g/mol. The molecule has 0 bridgehead atoms. The van der Waals surface area contributed by atoms with Crippen LogP contribution in [0.2, 0.25) is 0 Å². The highest BCUT2D eigenvalue weighted by molar-refractivity contribution is 5.77. The predicted molar refractivity (Wildman–Crippen MR) is 106 cm³/mol. The van der Waals surface area contributed by atoms with E-state index in [1.54, 1.807) is 7.05 Å². The zero-order chi connectivity index (χ0) is 19.7. The fourth-order valence-electron chi connectivity index (χ4n) is 4.29. The average molecular weight is 373 g/mol. The number of carbonyl (C=O) groups is 2. The average Bonchev–Trinajstić information content (AvgIpc) is 2.60. The summed E-state index contributed by atoms with van der Waals surface area (Å²) in [4.78, 5) is 26.6. The molecule has 0 saturated carbocycles. The number of fused-ring (bicyclic) bond motifs is 1. The van der Waals surface area contributed by atoms with Crippen LogP contribution < -0.4 is 10.1 Å². The summed E-state index contributed by atoms with van der Waals surface area (Å²) in [6.07, 6.45) is 3.52. The predicted octanol–water partition coefficient (Wildman–Crippen LogP) is 3.49.